The molecule has 1 rings (SSSR count). The zero-order valence-corrected chi connectivity index (χ0v) is 11.5. The summed E-state index contributed by atoms with van der Waals surface area (Å²) in [5, 5.41) is 0.681. The molecular weight excluding hydrogens is 250 g/mol. The van der Waals surface area contributed by atoms with Gasteiger partial charge in [0.15, 0.2) is 0 Å². The fraction of sp³-hybridized carbons (Fsp3) is 0.462. The number of amides is 1. The molecule has 0 aliphatic rings. The van der Waals surface area contributed by atoms with Crippen LogP contribution in [-0.2, 0) is 4.79 Å². The monoisotopic (exact) mass is 269 g/mol. The van der Waals surface area contributed by atoms with E-state index in [1.54, 1.807) is 0 Å². The van der Waals surface area contributed by atoms with Crippen LogP contribution in [0.2, 0.25) is 5.02 Å². The van der Waals surface area contributed by atoms with Gasteiger partial charge in [-0.25, -0.2) is 0 Å². The van der Waals surface area contributed by atoms with Crippen LogP contribution in [0.1, 0.15) is 24.9 Å². The smallest absolute Gasteiger partial charge is 0.231 e. The molecule has 1 amide bonds. The van der Waals surface area contributed by atoms with Crippen molar-refractivity contribution in [3.63, 3.8) is 0 Å². The van der Waals surface area contributed by atoms with Crippen LogP contribution in [0, 0.1) is 0 Å². The molecule has 0 heterocycles. The Hall–Kier alpha value is -1.10. The Bertz CT molecular complexity index is 394. The Labute approximate surface area is 113 Å². The van der Waals surface area contributed by atoms with E-state index in [1.165, 1.54) is 0 Å². The third-order valence-corrected chi connectivity index (χ3v) is 3.22. The normalized spacial score (nSPS) is 14.5. The van der Waals surface area contributed by atoms with Crippen molar-refractivity contribution >= 4 is 17.5 Å². The zero-order chi connectivity index (χ0) is 13.7. The van der Waals surface area contributed by atoms with Crippen LogP contribution in [0.3, 0.4) is 0 Å². The van der Waals surface area contributed by atoms with Gasteiger partial charge in [-0.15, -0.1) is 0 Å². The lowest BCUT2D eigenvalue weighted by Gasteiger charge is -2.32. The maximum Gasteiger partial charge on any atom is 0.231 e. The van der Waals surface area contributed by atoms with E-state index in [2.05, 4.69) is 0 Å². The highest BCUT2D eigenvalue weighted by Crippen LogP contribution is 2.25. The lowest BCUT2D eigenvalue weighted by atomic mass is 9.96. The van der Waals surface area contributed by atoms with E-state index in [4.69, 9.17) is 23.1 Å². The number of hydrogen-bond acceptors (Lipinski definition) is 3. The van der Waals surface area contributed by atoms with E-state index >= 15 is 0 Å². The van der Waals surface area contributed by atoms with Crippen LogP contribution in [0.4, 0.5) is 0 Å². The molecule has 100 valence electrons. The van der Waals surface area contributed by atoms with Gasteiger partial charge >= 0.3 is 0 Å². The van der Waals surface area contributed by atoms with Gasteiger partial charge in [-0.3, -0.25) is 9.69 Å². The molecule has 18 heavy (non-hydrogen) atoms. The van der Waals surface area contributed by atoms with Crippen molar-refractivity contribution in [2.24, 2.45) is 11.5 Å². The van der Waals surface area contributed by atoms with E-state index in [0.29, 0.717) is 5.02 Å². The third kappa shape index (κ3) is 3.98. The SMILES string of the molecule is CCC(N)C(c1ccc(Cl)cc1)N(C)CC(N)=O. The molecule has 0 aliphatic carbocycles. The Morgan fingerprint density at radius 3 is 2.39 bits per heavy atom. The zero-order valence-electron chi connectivity index (χ0n) is 10.8. The van der Waals surface area contributed by atoms with Gasteiger partial charge in [0.1, 0.15) is 0 Å². The molecule has 4 nitrogen and oxygen atoms in total. The standard InChI is InChI=1S/C13H20ClN3O/c1-3-11(15)13(17(2)8-12(16)18)9-4-6-10(14)7-5-9/h4-7,11,13H,3,8,15H2,1-2H3,(H2,16,18). The molecule has 0 saturated heterocycles. The lowest BCUT2D eigenvalue weighted by molar-refractivity contribution is -0.119. The van der Waals surface area contributed by atoms with E-state index in [9.17, 15) is 4.79 Å². The number of rotatable bonds is 6. The summed E-state index contributed by atoms with van der Waals surface area (Å²) in [6.45, 7) is 2.20. The van der Waals surface area contributed by atoms with Gasteiger partial charge in [-0.2, -0.15) is 0 Å². The Morgan fingerprint density at radius 2 is 1.94 bits per heavy atom. The molecule has 1 aromatic rings. The predicted molar refractivity (Wildman–Crippen MR) is 74.3 cm³/mol. The largest absolute Gasteiger partial charge is 0.369 e. The number of hydrogen-bond donors (Lipinski definition) is 2. The minimum Gasteiger partial charge on any atom is -0.369 e. The number of benzene rings is 1. The van der Waals surface area contributed by atoms with Gasteiger partial charge in [0.2, 0.25) is 5.91 Å². The number of nitrogens with two attached hydrogens (primary N) is 2. The second kappa shape index (κ2) is 6.73. The molecule has 2 unspecified atom stereocenters. The van der Waals surface area contributed by atoms with Gasteiger partial charge < -0.3 is 11.5 Å². The predicted octanol–water partition coefficient (Wildman–Crippen LogP) is 1.54. The molecule has 0 radical (unpaired) electrons. The topological polar surface area (TPSA) is 72.3 Å². The summed E-state index contributed by atoms with van der Waals surface area (Å²) in [6, 6.07) is 7.41. The molecule has 5 heteroatoms. The molecule has 0 fully saturated rings. The van der Waals surface area contributed by atoms with Gasteiger partial charge in [0.25, 0.3) is 0 Å². The first-order chi connectivity index (χ1) is 8.45. The lowest BCUT2D eigenvalue weighted by Crippen LogP contribution is -2.42. The Balaban J connectivity index is 2.97. The van der Waals surface area contributed by atoms with Crippen molar-refractivity contribution in [3.05, 3.63) is 34.9 Å². The molecule has 0 spiro atoms. The van der Waals surface area contributed by atoms with Crippen LogP contribution in [0.25, 0.3) is 0 Å². The van der Waals surface area contributed by atoms with Crippen LogP contribution >= 0.6 is 11.6 Å². The first-order valence-corrected chi connectivity index (χ1v) is 6.33. The van der Waals surface area contributed by atoms with Crippen molar-refractivity contribution in [2.45, 2.75) is 25.4 Å². The average Bonchev–Trinajstić information content (AvgIpc) is 2.30. The molecule has 1 aromatic carbocycles. The van der Waals surface area contributed by atoms with E-state index < -0.39 is 0 Å². The first-order valence-electron chi connectivity index (χ1n) is 5.95. The van der Waals surface area contributed by atoms with Gasteiger partial charge in [0.05, 0.1) is 12.6 Å². The van der Waals surface area contributed by atoms with Crippen molar-refractivity contribution in [3.8, 4) is 0 Å². The number of carbonyl (C=O) groups excluding carboxylic acids is 1. The molecule has 0 bridgehead atoms. The second-order valence-corrected chi connectivity index (χ2v) is 4.89. The Morgan fingerprint density at radius 1 is 1.39 bits per heavy atom. The summed E-state index contributed by atoms with van der Waals surface area (Å²) in [4.78, 5) is 12.9. The van der Waals surface area contributed by atoms with E-state index in [-0.39, 0.29) is 24.5 Å². The van der Waals surface area contributed by atoms with Gasteiger partial charge in [-0.1, -0.05) is 30.7 Å². The highest BCUT2D eigenvalue weighted by molar-refractivity contribution is 6.30. The molecule has 2 atom stereocenters. The number of likely N-dealkylation sites (N-methyl/N-ethyl adjacent to an activating group) is 1. The van der Waals surface area contributed by atoms with Gasteiger partial charge in [0, 0.05) is 11.1 Å². The first kappa shape index (κ1) is 15.0. The molecule has 4 N–H and O–H groups in total. The fourth-order valence-electron chi connectivity index (χ4n) is 2.06. The Kier molecular flexibility index (Phi) is 5.59. The summed E-state index contributed by atoms with van der Waals surface area (Å²) in [5.74, 6) is -0.361. The van der Waals surface area contributed by atoms with Crippen molar-refractivity contribution in [2.75, 3.05) is 13.6 Å². The maximum absolute atomic E-state index is 11.0. The molecule has 0 saturated carbocycles. The highest BCUT2D eigenvalue weighted by atomic mass is 35.5. The summed E-state index contributed by atoms with van der Waals surface area (Å²) in [5.41, 5.74) is 12.4. The quantitative estimate of drug-likeness (QED) is 0.823. The van der Waals surface area contributed by atoms with Crippen molar-refractivity contribution in [1.29, 1.82) is 0 Å². The van der Waals surface area contributed by atoms with Crippen LogP contribution < -0.4 is 11.5 Å². The van der Waals surface area contributed by atoms with Crippen LogP contribution in [0.5, 0.6) is 0 Å². The number of nitrogens with zero attached hydrogens (tertiary/aromatic N) is 1. The highest BCUT2D eigenvalue weighted by Gasteiger charge is 2.23. The molecule has 0 aliphatic heterocycles. The summed E-state index contributed by atoms with van der Waals surface area (Å²) in [7, 11) is 1.85. The minimum atomic E-state index is -0.361. The van der Waals surface area contributed by atoms with Gasteiger partial charge in [-0.05, 0) is 31.2 Å². The van der Waals surface area contributed by atoms with Crippen molar-refractivity contribution in [1.82, 2.24) is 4.90 Å². The number of halogens is 1. The summed E-state index contributed by atoms with van der Waals surface area (Å²) < 4.78 is 0. The van der Waals surface area contributed by atoms with Crippen LogP contribution in [0.15, 0.2) is 24.3 Å². The fourth-order valence-corrected chi connectivity index (χ4v) is 2.18. The average molecular weight is 270 g/mol. The molecular formula is C13H20ClN3O. The number of carbonyl (C=O) groups is 1. The maximum atomic E-state index is 11.0. The summed E-state index contributed by atoms with van der Waals surface area (Å²) in [6.07, 6.45) is 0.816. The van der Waals surface area contributed by atoms with Crippen LogP contribution in [-0.4, -0.2) is 30.4 Å². The van der Waals surface area contributed by atoms with E-state index in [1.807, 2.05) is 43.1 Å². The van der Waals surface area contributed by atoms with Crippen molar-refractivity contribution < 1.29 is 4.79 Å². The summed E-state index contributed by atoms with van der Waals surface area (Å²) >= 11 is 5.87. The van der Waals surface area contributed by atoms with E-state index in [0.717, 1.165) is 12.0 Å². The second-order valence-electron chi connectivity index (χ2n) is 4.45. The third-order valence-electron chi connectivity index (χ3n) is 2.97. The number of primary amides is 1. The minimum absolute atomic E-state index is 0.0419. The molecule has 0 aromatic heterocycles.